The number of hydrogen-bond acceptors (Lipinski definition) is 4. The highest BCUT2D eigenvalue weighted by molar-refractivity contribution is 5.95. The largest absolute Gasteiger partial charge is 0.456 e. The van der Waals surface area contributed by atoms with E-state index in [1.54, 1.807) is 12.1 Å². The Morgan fingerprint density at radius 2 is 1.78 bits per heavy atom. The number of benzene rings is 1. The average Bonchev–Trinajstić information content (AvgIpc) is 3.18. The van der Waals surface area contributed by atoms with Gasteiger partial charge < -0.3 is 19.9 Å². The number of likely N-dealkylation sites (tertiary alicyclic amines) is 1. The summed E-state index contributed by atoms with van der Waals surface area (Å²) < 4.78 is 5.28. The zero-order chi connectivity index (χ0) is 19.2. The molecule has 27 heavy (non-hydrogen) atoms. The van der Waals surface area contributed by atoms with Gasteiger partial charge in [0.2, 0.25) is 0 Å². The number of nitrogens with one attached hydrogen (secondary N) is 2. The van der Waals surface area contributed by atoms with Gasteiger partial charge >= 0.3 is 5.97 Å². The van der Waals surface area contributed by atoms with E-state index in [0.717, 1.165) is 31.5 Å². The van der Waals surface area contributed by atoms with Crippen LogP contribution < -0.4 is 5.32 Å². The number of amides is 1. The third kappa shape index (κ3) is 5.20. The van der Waals surface area contributed by atoms with Gasteiger partial charge in [0.1, 0.15) is 18.0 Å². The fraction of sp³-hybridized carbons (Fsp3) is 0.429. The second-order valence-electron chi connectivity index (χ2n) is 7.22. The highest BCUT2D eigenvalue weighted by Gasteiger charge is 2.23. The van der Waals surface area contributed by atoms with Crippen LogP contribution in [-0.4, -0.2) is 46.9 Å². The van der Waals surface area contributed by atoms with Crippen molar-refractivity contribution in [2.75, 3.05) is 13.1 Å². The van der Waals surface area contributed by atoms with E-state index in [9.17, 15) is 9.59 Å². The maximum Gasteiger partial charge on any atom is 0.355 e. The van der Waals surface area contributed by atoms with Crippen LogP contribution in [0.1, 0.15) is 53.2 Å². The molecule has 6 heteroatoms. The van der Waals surface area contributed by atoms with E-state index in [1.807, 2.05) is 30.3 Å². The van der Waals surface area contributed by atoms with Gasteiger partial charge in [-0.25, -0.2) is 4.79 Å². The molecule has 0 saturated carbocycles. The van der Waals surface area contributed by atoms with E-state index in [1.165, 1.54) is 0 Å². The Balaban J connectivity index is 1.49. The molecule has 2 N–H and O–H groups in total. The van der Waals surface area contributed by atoms with Crippen molar-refractivity contribution in [2.24, 2.45) is 0 Å². The molecule has 6 nitrogen and oxygen atoms in total. The van der Waals surface area contributed by atoms with Crippen LogP contribution in [0.4, 0.5) is 0 Å². The van der Waals surface area contributed by atoms with Crippen LogP contribution in [0.5, 0.6) is 0 Å². The second kappa shape index (κ2) is 8.86. The van der Waals surface area contributed by atoms with Gasteiger partial charge in [-0.05, 0) is 44.4 Å². The molecule has 1 saturated heterocycles. The van der Waals surface area contributed by atoms with E-state index in [4.69, 9.17) is 4.74 Å². The van der Waals surface area contributed by atoms with Crippen LogP contribution in [0.2, 0.25) is 0 Å². The predicted molar refractivity (Wildman–Crippen MR) is 104 cm³/mol. The maximum atomic E-state index is 12.4. The lowest BCUT2D eigenvalue weighted by Crippen LogP contribution is -2.46. The molecule has 1 aromatic heterocycles. The van der Waals surface area contributed by atoms with Gasteiger partial charge in [-0.3, -0.25) is 4.79 Å². The maximum absolute atomic E-state index is 12.4. The highest BCUT2D eigenvalue weighted by atomic mass is 16.5. The van der Waals surface area contributed by atoms with E-state index >= 15 is 0 Å². The molecule has 0 atom stereocenters. The van der Waals surface area contributed by atoms with Crippen molar-refractivity contribution in [2.45, 2.75) is 45.4 Å². The summed E-state index contributed by atoms with van der Waals surface area (Å²) >= 11 is 0. The second-order valence-corrected chi connectivity index (χ2v) is 7.22. The van der Waals surface area contributed by atoms with Crippen molar-refractivity contribution < 1.29 is 14.3 Å². The number of carbonyl (C=O) groups is 2. The third-order valence-electron chi connectivity index (χ3n) is 4.96. The van der Waals surface area contributed by atoms with E-state index in [-0.39, 0.29) is 24.2 Å². The quantitative estimate of drug-likeness (QED) is 0.768. The molecule has 0 radical (unpaired) electrons. The van der Waals surface area contributed by atoms with Gasteiger partial charge in [-0.1, -0.05) is 30.3 Å². The summed E-state index contributed by atoms with van der Waals surface area (Å²) in [5.74, 6) is -0.650. The van der Waals surface area contributed by atoms with Gasteiger partial charge in [-0.15, -0.1) is 0 Å². The lowest BCUT2D eigenvalue weighted by atomic mass is 10.0. The highest BCUT2D eigenvalue weighted by Crippen LogP contribution is 2.14. The molecule has 1 fully saturated rings. The van der Waals surface area contributed by atoms with Crippen molar-refractivity contribution >= 4 is 11.9 Å². The number of H-pyrrole nitrogens is 1. The Hall–Kier alpha value is -2.60. The SMILES string of the molecule is CC(C)N1CCC(NC(=O)c2ccc(C(=O)OCc3ccccc3)[nH]2)CC1. The van der Waals surface area contributed by atoms with Crippen molar-refractivity contribution in [1.82, 2.24) is 15.2 Å². The summed E-state index contributed by atoms with van der Waals surface area (Å²) in [6.07, 6.45) is 1.88. The zero-order valence-electron chi connectivity index (χ0n) is 15.9. The minimum Gasteiger partial charge on any atom is -0.456 e. The molecule has 3 rings (SSSR count). The number of aromatic nitrogens is 1. The van der Waals surface area contributed by atoms with Gasteiger partial charge in [-0.2, -0.15) is 0 Å². The summed E-state index contributed by atoms with van der Waals surface area (Å²) in [5.41, 5.74) is 1.58. The first-order valence-electron chi connectivity index (χ1n) is 9.48. The van der Waals surface area contributed by atoms with Crippen LogP contribution in [0.15, 0.2) is 42.5 Å². The van der Waals surface area contributed by atoms with Gasteiger partial charge in [0.25, 0.3) is 5.91 Å². The summed E-state index contributed by atoms with van der Waals surface area (Å²) in [4.78, 5) is 29.9. The number of esters is 1. The fourth-order valence-corrected chi connectivity index (χ4v) is 3.27. The zero-order valence-corrected chi connectivity index (χ0v) is 15.9. The fourth-order valence-electron chi connectivity index (χ4n) is 3.27. The topological polar surface area (TPSA) is 74.4 Å². The first-order chi connectivity index (χ1) is 13.0. The molecular formula is C21H27N3O3. The number of piperidine rings is 1. The Kier molecular flexibility index (Phi) is 6.29. The van der Waals surface area contributed by atoms with Gasteiger partial charge in [0, 0.05) is 25.2 Å². The monoisotopic (exact) mass is 369 g/mol. The summed E-state index contributed by atoms with van der Waals surface area (Å²) in [7, 11) is 0. The van der Waals surface area contributed by atoms with E-state index in [2.05, 4.69) is 29.0 Å². The number of aromatic amines is 1. The molecule has 1 aliphatic rings. The number of carbonyl (C=O) groups excluding carboxylic acids is 2. The number of ether oxygens (including phenoxy) is 1. The lowest BCUT2D eigenvalue weighted by Gasteiger charge is -2.34. The molecule has 1 aliphatic heterocycles. The molecule has 1 aromatic carbocycles. The molecule has 0 unspecified atom stereocenters. The summed E-state index contributed by atoms with van der Waals surface area (Å²) in [6.45, 7) is 6.57. The van der Waals surface area contributed by atoms with Crippen LogP contribution >= 0.6 is 0 Å². The first kappa shape index (κ1) is 19.2. The van der Waals surface area contributed by atoms with Gasteiger partial charge in [0.05, 0.1) is 0 Å². The summed E-state index contributed by atoms with van der Waals surface area (Å²) in [6, 6.07) is 13.4. The average molecular weight is 369 g/mol. The number of nitrogens with zero attached hydrogens (tertiary/aromatic N) is 1. The van der Waals surface area contributed by atoms with Crippen LogP contribution in [-0.2, 0) is 11.3 Å². The molecule has 144 valence electrons. The first-order valence-corrected chi connectivity index (χ1v) is 9.48. The Labute approximate surface area is 159 Å². The predicted octanol–water partition coefficient (Wildman–Crippen LogP) is 2.97. The van der Waals surface area contributed by atoms with Crippen molar-refractivity contribution in [3.05, 3.63) is 59.4 Å². The van der Waals surface area contributed by atoms with E-state index < -0.39 is 5.97 Å². The molecular weight excluding hydrogens is 342 g/mol. The molecule has 1 amide bonds. The molecule has 0 aliphatic carbocycles. The minimum atomic E-state index is -0.469. The Morgan fingerprint density at radius 1 is 1.11 bits per heavy atom. The Morgan fingerprint density at radius 3 is 2.44 bits per heavy atom. The van der Waals surface area contributed by atoms with Crippen LogP contribution in [0.3, 0.4) is 0 Å². The Bertz CT molecular complexity index is 762. The molecule has 0 spiro atoms. The van der Waals surface area contributed by atoms with Crippen molar-refractivity contribution in [3.8, 4) is 0 Å². The van der Waals surface area contributed by atoms with E-state index in [0.29, 0.717) is 11.7 Å². The van der Waals surface area contributed by atoms with Crippen LogP contribution in [0.25, 0.3) is 0 Å². The van der Waals surface area contributed by atoms with Crippen molar-refractivity contribution in [3.63, 3.8) is 0 Å². The minimum absolute atomic E-state index is 0.171. The smallest absolute Gasteiger partial charge is 0.355 e. The number of hydrogen-bond donors (Lipinski definition) is 2. The molecule has 2 heterocycles. The van der Waals surface area contributed by atoms with Crippen LogP contribution in [0, 0.1) is 0 Å². The molecule has 2 aromatic rings. The van der Waals surface area contributed by atoms with Gasteiger partial charge in [0.15, 0.2) is 0 Å². The van der Waals surface area contributed by atoms with Crippen molar-refractivity contribution in [1.29, 1.82) is 0 Å². The lowest BCUT2D eigenvalue weighted by molar-refractivity contribution is 0.0466. The third-order valence-corrected chi connectivity index (χ3v) is 4.96. The molecule has 0 bridgehead atoms. The normalized spacial score (nSPS) is 15.7. The number of rotatable bonds is 6. The summed E-state index contributed by atoms with van der Waals surface area (Å²) in [5, 5.41) is 3.06. The standard InChI is InChI=1S/C21H27N3O3/c1-15(2)24-12-10-17(11-13-24)22-20(25)18-8-9-19(23-18)21(26)27-14-16-6-4-3-5-7-16/h3-9,15,17,23H,10-14H2,1-2H3,(H,22,25).